The quantitative estimate of drug-likeness (QED) is 0.660. The predicted molar refractivity (Wildman–Crippen MR) is 97.1 cm³/mol. The molecule has 0 saturated heterocycles. The number of nitrogen functional groups attached to an aromatic ring is 1. The van der Waals surface area contributed by atoms with Crippen molar-refractivity contribution in [1.29, 1.82) is 0 Å². The third-order valence-corrected chi connectivity index (χ3v) is 5.51. The summed E-state index contributed by atoms with van der Waals surface area (Å²) in [6, 6.07) is 12.9. The smallest absolute Gasteiger partial charge is 0.346 e. The number of aromatic nitrogens is 2. The van der Waals surface area contributed by atoms with Gasteiger partial charge in [0.15, 0.2) is 0 Å². The first kappa shape index (κ1) is 18.2. The van der Waals surface area contributed by atoms with E-state index in [4.69, 9.17) is 33.7 Å². The fourth-order valence-corrected chi connectivity index (χ4v) is 3.62. The molecule has 3 rings (SSSR count). The maximum absolute atomic E-state index is 12.6. The van der Waals surface area contributed by atoms with Gasteiger partial charge < -0.3 is 10.5 Å². The Morgan fingerprint density at radius 2 is 1.73 bits per heavy atom. The average molecular weight is 412 g/mol. The molecule has 0 aliphatic rings. The highest BCUT2D eigenvalue weighted by atomic mass is 35.5. The Morgan fingerprint density at radius 3 is 2.38 bits per heavy atom. The Bertz CT molecular complexity index is 1080. The number of rotatable bonds is 4. The second-order valence-corrected chi connectivity index (χ2v) is 7.69. The molecule has 0 atom stereocenters. The van der Waals surface area contributed by atoms with Gasteiger partial charge >= 0.3 is 5.97 Å². The van der Waals surface area contributed by atoms with Crippen LogP contribution >= 0.6 is 23.2 Å². The molecule has 0 unspecified atom stereocenters. The van der Waals surface area contributed by atoms with Crippen LogP contribution in [0.25, 0.3) is 0 Å². The summed E-state index contributed by atoms with van der Waals surface area (Å²) >= 11 is 11.7. The summed E-state index contributed by atoms with van der Waals surface area (Å²) in [5.41, 5.74) is 5.83. The van der Waals surface area contributed by atoms with Crippen LogP contribution in [0.3, 0.4) is 0 Å². The van der Waals surface area contributed by atoms with Crippen LogP contribution in [0.15, 0.2) is 59.5 Å². The molecule has 3 aromatic rings. The van der Waals surface area contributed by atoms with Crippen LogP contribution in [0, 0.1) is 0 Å². The first-order chi connectivity index (χ1) is 12.3. The van der Waals surface area contributed by atoms with Crippen LogP contribution in [0.5, 0.6) is 5.88 Å². The Morgan fingerprint density at radius 1 is 1.08 bits per heavy atom. The molecule has 2 aromatic carbocycles. The lowest BCUT2D eigenvalue weighted by Gasteiger charge is -2.06. The van der Waals surface area contributed by atoms with Crippen molar-refractivity contribution in [2.45, 2.75) is 4.90 Å². The number of carbonyl (C=O) groups is 1. The van der Waals surface area contributed by atoms with Crippen molar-refractivity contribution in [3.63, 3.8) is 0 Å². The fraction of sp³-hybridized carbons (Fsp3) is 0. The molecule has 1 aromatic heterocycles. The predicted octanol–water partition coefficient (Wildman–Crippen LogP) is 3.23. The molecule has 0 saturated carbocycles. The summed E-state index contributed by atoms with van der Waals surface area (Å²) < 4.78 is 30.9. The maximum Gasteiger partial charge on any atom is 0.346 e. The summed E-state index contributed by atoms with van der Waals surface area (Å²) in [5.74, 6) is -1.28. The molecule has 0 radical (unpaired) electrons. The van der Waals surface area contributed by atoms with Gasteiger partial charge in [-0.05, 0) is 36.4 Å². The van der Waals surface area contributed by atoms with Gasteiger partial charge in [0.2, 0.25) is 5.88 Å². The van der Waals surface area contributed by atoms with Gasteiger partial charge in [-0.1, -0.05) is 35.3 Å². The van der Waals surface area contributed by atoms with E-state index in [1.165, 1.54) is 36.4 Å². The second kappa shape index (κ2) is 6.99. The van der Waals surface area contributed by atoms with Gasteiger partial charge in [-0.15, -0.1) is 9.19 Å². The average Bonchev–Trinajstić information content (AvgIpc) is 2.96. The van der Waals surface area contributed by atoms with Crippen molar-refractivity contribution in [3.05, 3.63) is 70.2 Å². The number of hydrogen-bond donors (Lipinski definition) is 1. The van der Waals surface area contributed by atoms with Gasteiger partial charge in [-0.25, -0.2) is 4.79 Å². The number of hydrogen-bond acceptors (Lipinski definition) is 6. The Hall–Kier alpha value is -2.55. The molecule has 2 N–H and O–H groups in total. The van der Waals surface area contributed by atoms with Crippen LogP contribution in [0.2, 0.25) is 10.0 Å². The number of nitrogens with zero attached hydrogens (tertiary/aromatic N) is 2. The number of carbonyl (C=O) groups excluding carboxylic acids is 1. The van der Waals surface area contributed by atoms with E-state index in [1.807, 2.05) is 0 Å². The zero-order chi connectivity index (χ0) is 18.9. The normalized spacial score (nSPS) is 11.3. The van der Waals surface area contributed by atoms with E-state index in [9.17, 15) is 13.2 Å². The highest BCUT2D eigenvalue weighted by Crippen LogP contribution is 2.23. The number of anilines is 1. The maximum atomic E-state index is 12.6. The summed E-state index contributed by atoms with van der Waals surface area (Å²) in [5, 5.41) is 4.33. The van der Waals surface area contributed by atoms with Gasteiger partial charge in [0.25, 0.3) is 10.0 Å². The van der Waals surface area contributed by atoms with Crippen molar-refractivity contribution in [3.8, 4) is 5.88 Å². The first-order valence-corrected chi connectivity index (χ1v) is 9.32. The molecule has 26 heavy (non-hydrogen) atoms. The summed E-state index contributed by atoms with van der Waals surface area (Å²) in [4.78, 5) is 12.1. The van der Waals surface area contributed by atoms with Crippen molar-refractivity contribution >= 4 is 45.0 Å². The van der Waals surface area contributed by atoms with Gasteiger partial charge in [0.1, 0.15) is 5.82 Å². The minimum atomic E-state index is -4.07. The molecule has 0 amide bonds. The topological polar surface area (TPSA) is 104 Å². The van der Waals surface area contributed by atoms with Crippen molar-refractivity contribution < 1.29 is 17.9 Å². The zero-order valence-corrected chi connectivity index (χ0v) is 15.3. The van der Waals surface area contributed by atoms with Crippen molar-refractivity contribution in [2.75, 3.05) is 5.73 Å². The van der Waals surface area contributed by atoms with E-state index in [2.05, 4.69) is 5.10 Å². The van der Waals surface area contributed by atoms with Crippen LogP contribution < -0.4 is 10.5 Å². The molecular formula is C16H11Cl2N3O4S. The Kier molecular flexibility index (Phi) is 4.90. The highest BCUT2D eigenvalue weighted by molar-refractivity contribution is 7.90. The number of nitrogens with two attached hydrogens (primary N) is 1. The fourth-order valence-electron chi connectivity index (χ4n) is 2.08. The highest BCUT2D eigenvalue weighted by Gasteiger charge is 2.23. The van der Waals surface area contributed by atoms with Crippen molar-refractivity contribution in [1.82, 2.24) is 9.19 Å². The minimum Gasteiger partial charge on any atom is -0.402 e. The van der Waals surface area contributed by atoms with Gasteiger partial charge in [0.05, 0.1) is 15.5 Å². The lowest BCUT2D eigenvalue weighted by atomic mass is 10.2. The number of halogens is 2. The van der Waals surface area contributed by atoms with E-state index in [0.29, 0.717) is 9.11 Å². The molecular weight excluding hydrogens is 401 g/mol. The molecule has 10 heteroatoms. The SMILES string of the molecule is Nc1cc(OC(=O)c2ccccc2Cl)nn1S(=O)(=O)c1ccc(Cl)cc1. The molecule has 0 aliphatic carbocycles. The number of ether oxygens (including phenoxy) is 1. The summed E-state index contributed by atoms with van der Waals surface area (Å²) in [7, 11) is -4.07. The molecule has 134 valence electrons. The summed E-state index contributed by atoms with van der Waals surface area (Å²) in [6.45, 7) is 0. The Labute approximate surface area is 159 Å². The standard InChI is InChI=1S/C16H11Cl2N3O4S/c17-10-5-7-11(8-6-10)26(23,24)21-14(19)9-15(20-21)25-16(22)12-3-1-2-4-13(12)18/h1-9H,19H2. The number of esters is 1. The van der Waals surface area contributed by atoms with E-state index in [0.717, 1.165) is 6.07 Å². The first-order valence-electron chi connectivity index (χ1n) is 7.12. The van der Waals surface area contributed by atoms with Crippen LogP contribution in [-0.4, -0.2) is 23.6 Å². The third-order valence-electron chi connectivity index (χ3n) is 3.31. The molecule has 0 spiro atoms. The van der Waals surface area contributed by atoms with E-state index >= 15 is 0 Å². The largest absolute Gasteiger partial charge is 0.402 e. The van der Waals surface area contributed by atoms with Crippen molar-refractivity contribution in [2.24, 2.45) is 0 Å². The third kappa shape index (κ3) is 3.52. The van der Waals surface area contributed by atoms with Crippen LogP contribution in [0.4, 0.5) is 5.82 Å². The number of benzene rings is 2. The minimum absolute atomic E-state index is 0.0688. The molecule has 1 heterocycles. The monoisotopic (exact) mass is 411 g/mol. The molecule has 0 fully saturated rings. The molecule has 0 bridgehead atoms. The van der Waals surface area contributed by atoms with Gasteiger partial charge in [-0.2, -0.15) is 8.42 Å². The van der Waals surface area contributed by atoms with Gasteiger partial charge in [0, 0.05) is 11.1 Å². The second-order valence-electron chi connectivity index (χ2n) is 5.08. The van der Waals surface area contributed by atoms with Crippen LogP contribution in [0.1, 0.15) is 10.4 Å². The lowest BCUT2D eigenvalue weighted by molar-refractivity contribution is 0.0727. The Balaban J connectivity index is 1.91. The van der Waals surface area contributed by atoms with E-state index in [-0.39, 0.29) is 27.2 Å². The van der Waals surface area contributed by atoms with Gasteiger partial charge in [-0.3, -0.25) is 0 Å². The molecule has 7 nitrogen and oxygen atoms in total. The summed E-state index contributed by atoms with van der Waals surface area (Å²) in [6.07, 6.45) is 0. The molecule has 0 aliphatic heterocycles. The lowest BCUT2D eigenvalue weighted by Crippen LogP contribution is -2.17. The van der Waals surface area contributed by atoms with E-state index < -0.39 is 16.0 Å². The van der Waals surface area contributed by atoms with Crippen LogP contribution in [-0.2, 0) is 10.0 Å². The van der Waals surface area contributed by atoms with E-state index in [1.54, 1.807) is 12.1 Å². The zero-order valence-electron chi connectivity index (χ0n) is 13.0.